The number of hydrogen-bond donors (Lipinski definition) is 1. The molecule has 0 spiro atoms. The average molecular weight is 275 g/mol. The van der Waals surface area contributed by atoms with Gasteiger partial charge in [-0.15, -0.1) is 0 Å². The molecule has 2 N–H and O–H groups in total. The second kappa shape index (κ2) is 5.71. The minimum absolute atomic E-state index is 0.787. The highest BCUT2D eigenvalue weighted by atomic mass is 16.5. The highest BCUT2D eigenvalue weighted by molar-refractivity contribution is 5.69. The number of benzene rings is 3. The third-order valence-electron chi connectivity index (χ3n) is 3.27. The highest BCUT2D eigenvalue weighted by Gasteiger charge is 2.02. The summed E-state index contributed by atoms with van der Waals surface area (Å²) < 4.78 is 5.79. The van der Waals surface area contributed by atoms with E-state index in [1.807, 2.05) is 73.7 Å². The number of aryl methyl sites for hydroxylation is 1. The largest absolute Gasteiger partial charge is 0.457 e. The van der Waals surface area contributed by atoms with Crippen LogP contribution in [0.25, 0.3) is 11.1 Å². The van der Waals surface area contributed by atoms with Crippen LogP contribution in [0.15, 0.2) is 72.8 Å². The Balaban J connectivity index is 1.84. The molecule has 0 fully saturated rings. The molecular weight excluding hydrogens is 258 g/mol. The normalized spacial score (nSPS) is 10.3. The van der Waals surface area contributed by atoms with Gasteiger partial charge in [0.1, 0.15) is 11.5 Å². The van der Waals surface area contributed by atoms with E-state index in [4.69, 9.17) is 10.5 Å². The molecule has 0 radical (unpaired) electrons. The summed E-state index contributed by atoms with van der Waals surface area (Å²) in [7, 11) is 0. The number of rotatable bonds is 3. The summed E-state index contributed by atoms with van der Waals surface area (Å²) in [6.45, 7) is 2.05. The summed E-state index contributed by atoms with van der Waals surface area (Å²) in [5.41, 5.74) is 10.1. The van der Waals surface area contributed by atoms with E-state index in [-0.39, 0.29) is 0 Å². The third-order valence-corrected chi connectivity index (χ3v) is 3.27. The van der Waals surface area contributed by atoms with Crippen LogP contribution in [0.4, 0.5) is 5.69 Å². The lowest BCUT2D eigenvalue weighted by molar-refractivity contribution is 0.483. The Morgan fingerprint density at radius 2 is 1.38 bits per heavy atom. The van der Waals surface area contributed by atoms with Gasteiger partial charge in [-0.2, -0.15) is 0 Å². The van der Waals surface area contributed by atoms with Gasteiger partial charge < -0.3 is 10.5 Å². The van der Waals surface area contributed by atoms with E-state index in [0.29, 0.717) is 0 Å². The number of anilines is 1. The molecule has 104 valence electrons. The predicted molar refractivity (Wildman–Crippen MR) is 87.5 cm³/mol. The lowest BCUT2D eigenvalue weighted by Crippen LogP contribution is -1.88. The van der Waals surface area contributed by atoms with Crippen LogP contribution in [-0.4, -0.2) is 0 Å². The molecule has 0 aromatic heterocycles. The zero-order chi connectivity index (χ0) is 14.7. The van der Waals surface area contributed by atoms with Gasteiger partial charge in [0.25, 0.3) is 0 Å². The first-order valence-corrected chi connectivity index (χ1v) is 6.91. The van der Waals surface area contributed by atoms with Crippen molar-refractivity contribution < 1.29 is 4.74 Å². The molecule has 0 aliphatic heterocycles. The average Bonchev–Trinajstić information content (AvgIpc) is 2.48. The minimum Gasteiger partial charge on any atom is -0.457 e. The van der Waals surface area contributed by atoms with Gasteiger partial charge in [-0.05, 0) is 60.0 Å². The van der Waals surface area contributed by atoms with Crippen LogP contribution in [-0.2, 0) is 0 Å². The molecule has 0 amide bonds. The van der Waals surface area contributed by atoms with Crippen LogP contribution in [0.3, 0.4) is 0 Å². The van der Waals surface area contributed by atoms with E-state index >= 15 is 0 Å². The quantitative estimate of drug-likeness (QED) is 0.680. The number of nitrogens with two attached hydrogens (primary N) is 1. The molecule has 3 aromatic rings. The first-order valence-electron chi connectivity index (χ1n) is 6.91. The Hall–Kier alpha value is -2.74. The van der Waals surface area contributed by atoms with Crippen LogP contribution >= 0.6 is 0 Å². The number of hydrogen-bond acceptors (Lipinski definition) is 2. The van der Waals surface area contributed by atoms with Crippen molar-refractivity contribution in [1.82, 2.24) is 0 Å². The summed E-state index contributed by atoms with van der Waals surface area (Å²) in [4.78, 5) is 0. The van der Waals surface area contributed by atoms with Crippen molar-refractivity contribution in [3.8, 4) is 22.6 Å². The molecule has 0 atom stereocenters. The molecule has 0 saturated heterocycles. The summed E-state index contributed by atoms with van der Waals surface area (Å²) in [6, 6.07) is 23.9. The molecule has 0 heterocycles. The van der Waals surface area contributed by atoms with Gasteiger partial charge in [0.05, 0.1) is 0 Å². The van der Waals surface area contributed by atoms with Crippen LogP contribution < -0.4 is 10.5 Å². The first-order chi connectivity index (χ1) is 10.2. The fourth-order valence-electron chi connectivity index (χ4n) is 2.32. The maximum Gasteiger partial charge on any atom is 0.127 e. The Morgan fingerprint density at radius 1 is 0.714 bits per heavy atom. The highest BCUT2D eigenvalue weighted by Crippen LogP contribution is 2.27. The van der Waals surface area contributed by atoms with E-state index in [2.05, 4.69) is 6.07 Å². The molecule has 3 aromatic carbocycles. The molecule has 0 saturated carbocycles. The maximum absolute atomic E-state index is 5.90. The van der Waals surface area contributed by atoms with Crippen molar-refractivity contribution in [2.24, 2.45) is 0 Å². The van der Waals surface area contributed by atoms with Crippen molar-refractivity contribution in [3.05, 3.63) is 78.4 Å². The SMILES string of the molecule is Cc1cc(N)cc(-c2ccc(Oc3ccccc3)cc2)c1. The van der Waals surface area contributed by atoms with E-state index in [0.717, 1.165) is 33.9 Å². The van der Waals surface area contributed by atoms with Gasteiger partial charge in [0.2, 0.25) is 0 Å². The molecule has 3 rings (SSSR count). The number of ether oxygens (including phenoxy) is 1. The molecular formula is C19H17NO. The fraction of sp³-hybridized carbons (Fsp3) is 0.0526. The summed E-state index contributed by atoms with van der Waals surface area (Å²) >= 11 is 0. The standard InChI is InChI=1S/C19H17NO/c1-14-11-16(13-17(20)12-14)15-7-9-19(10-8-15)21-18-5-3-2-4-6-18/h2-13H,20H2,1H3. The van der Waals surface area contributed by atoms with Gasteiger partial charge in [-0.25, -0.2) is 0 Å². The smallest absolute Gasteiger partial charge is 0.127 e. The van der Waals surface area contributed by atoms with Gasteiger partial charge in [0.15, 0.2) is 0 Å². The first kappa shape index (κ1) is 13.3. The summed E-state index contributed by atoms with van der Waals surface area (Å²) in [6.07, 6.45) is 0. The maximum atomic E-state index is 5.90. The second-order valence-electron chi connectivity index (χ2n) is 5.07. The van der Waals surface area contributed by atoms with Crippen molar-refractivity contribution in [3.63, 3.8) is 0 Å². The Bertz CT molecular complexity index is 713. The van der Waals surface area contributed by atoms with Crippen molar-refractivity contribution in [1.29, 1.82) is 0 Å². The monoisotopic (exact) mass is 275 g/mol. The van der Waals surface area contributed by atoms with Gasteiger partial charge in [-0.3, -0.25) is 0 Å². The molecule has 0 unspecified atom stereocenters. The third kappa shape index (κ3) is 3.23. The van der Waals surface area contributed by atoms with E-state index in [1.165, 1.54) is 0 Å². The number of nitrogen functional groups attached to an aromatic ring is 1. The topological polar surface area (TPSA) is 35.2 Å². The lowest BCUT2D eigenvalue weighted by Gasteiger charge is -2.08. The Kier molecular flexibility index (Phi) is 3.61. The minimum atomic E-state index is 0.787. The molecule has 21 heavy (non-hydrogen) atoms. The molecule has 0 aliphatic carbocycles. The zero-order valence-corrected chi connectivity index (χ0v) is 11.9. The van der Waals surface area contributed by atoms with E-state index in [1.54, 1.807) is 0 Å². The zero-order valence-electron chi connectivity index (χ0n) is 11.9. The van der Waals surface area contributed by atoms with Gasteiger partial charge in [0, 0.05) is 5.69 Å². The van der Waals surface area contributed by atoms with Crippen LogP contribution in [0.5, 0.6) is 11.5 Å². The van der Waals surface area contributed by atoms with Gasteiger partial charge >= 0.3 is 0 Å². The summed E-state index contributed by atoms with van der Waals surface area (Å²) in [5.74, 6) is 1.66. The van der Waals surface area contributed by atoms with Crippen LogP contribution in [0.1, 0.15) is 5.56 Å². The number of para-hydroxylation sites is 1. The fourth-order valence-corrected chi connectivity index (χ4v) is 2.32. The molecule has 2 nitrogen and oxygen atoms in total. The van der Waals surface area contributed by atoms with E-state index < -0.39 is 0 Å². The predicted octanol–water partition coefficient (Wildman–Crippen LogP) is 5.04. The summed E-state index contributed by atoms with van der Waals surface area (Å²) in [5, 5.41) is 0. The van der Waals surface area contributed by atoms with Gasteiger partial charge in [-0.1, -0.05) is 36.4 Å². The molecule has 0 bridgehead atoms. The Morgan fingerprint density at radius 3 is 2.05 bits per heavy atom. The van der Waals surface area contributed by atoms with Crippen LogP contribution in [0, 0.1) is 6.92 Å². The second-order valence-corrected chi connectivity index (χ2v) is 5.07. The van der Waals surface area contributed by atoms with Crippen LogP contribution in [0.2, 0.25) is 0 Å². The molecule has 0 aliphatic rings. The molecule has 2 heteroatoms. The van der Waals surface area contributed by atoms with E-state index in [9.17, 15) is 0 Å². The van der Waals surface area contributed by atoms with Crippen molar-refractivity contribution in [2.45, 2.75) is 6.92 Å². The van der Waals surface area contributed by atoms with Crippen molar-refractivity contribution in [2.75, 3.05) is 5.73 Å². The lowest BCUT2D eigenvalue weighted by atomic mass is 10.0. The van der Waals surface area contributed by atoms with Crippen molar-refractivity contribution >= 4 is 5.69 Å². The Labute approximate surface area is 124 Å².